The molecule has 4 heteroatoms. The molecule has 0 fully saturated rings. The van der Waals surface area contributed by atoms with Gasteiger partial charge in [-0.25, -0.2) is 0 Å². The highest BCUT2D eigenvalue weighted by atomic mass is 32.2. The van der Waals surface area contributed by atoms with Crippen LogP contribution >= 0.6 is 11.8 Å². The number of carbonyl (C=O) groups excluding carboxylic acids is 1. The van der Waals surface area contributed by atoms with Crippen molar-refractivity contribution in [3.05, 3.63) is 0 Å². The smallest absolute Gasteiger partial charge is 0.323 e. The zero-order valence-electron chi connectivity index (χ0n) is 8.79. The van der Waals surface area contributed by atoms with Crippen molar-refractivity contribution >= 4 is 17.7 Å². The number of rotatable bonds is 5. The summed E-state index contributed by atoms with van der Waals surface area (Å²) in [4.78, 5) is 11.2. The van der Waals surface area contributed by atoms with E-state index in [1.54, 1.807) is 11.8 Å². The van der Waals surface area contributed by atoms with Crippen LogP contribution in [0.25, 0.3) is 0 Å². The summed E-state index contributed by atoms with van der Waals surface area (Å²) in [7, 11) is 1.37. The summed E-state index contributed by atoms with van der Waals surface area (Å²) in [5.41, 5.74) is 5.58. The molecule has 0 aliphatic heterocycles. The van der Waals surface area contributed by atoms with Crippen molar-refractivity contribution in [1.82, 2.24) is 0 Å². The molecule has 1 unspecified atom stereocenters. The van der Waals surface area contributed by atoms with E-state index in [0.717, 1.165) is 12.2 Å². The second-order valence-electron chi connectivity index (χ2n) is 3.73. The topological polar surface area (TPSA) is 52.3 Å². The first-order valence-electron chi connectivity index (χ1n) is 4.28. The van der Waals surface area contributed by atoms with Gasteiger partial charge in [0.25, 0.3) is 0 Å². The minimum absolute atomic E-state index is 0.184. The fourth-order valence-electron chi connectivity index (χ4n) is 0.967. The Morgan fingerprint density at radius 1 is 1.62 bits per heavy atom. The minimum Gasteiger partial charge on any atom is -0.468 e. The molecule has 0 radical (unpaired) electrons. The van der Waals surface area contributed by atoms with Gasteiger partial charge in [0.15, 0.2) is 0 Å². The van der Waals surface area contributed by atoms with E-state index in [1.165, 1.54) is 7.11 Å². The number of hydrogen-bond acceptors (Lipinski definition) is 4. The van der Waals surface area contributed by atoms with Gasteiger partial charge in [0.1, 0.15) is 6.04 Å². The van der Waals surface area contributed by atoms with Crippen LogP contribution in [0.5, 0.6) is 0 Å². The van der Waals surface area contributed by atoms with Gasteiger partial charge < -0.3 is 10.5 Å². The number of methoxy groups -OCH3 is 1. The molecular formula is C9H19NO2S. The number of nitrogens with two attached hydrogens (primary N) is 1. The molecule has 0 saturated heterocycles. The molecule has 0 bridgehead atoms. The van der Waals surface area contributed by atoms with E-state index >= 15 is 0 Å². The zero-order chi connectivity index (χ0) is 10.5. The maximum absolute atomic E-state index is 11.2. The molecule has 0 aromatic rings. The van der Waals surface area contributed by atoms with Gasteiger partial charge in [0, 0.05) is 0 Å². The third-order valence-corrected chi connectivity index (χ3v) is 2.86. The van der Waals surface area contributed by atoms with Crippen molar-refractivity contribution in [2.75, 3.05) is 19.1 Å². The Morgan fingerprint density at radius 2 is 2.15 bits per heavy atom. The van der Waals surface area contributed by atoms with Gasteiger partial charge in [-0.3, -0.25) is 4.79 Å². The molecule has 2 N–H and O–H groups in total. The first-order valence-corrected chi connectivity index (χ1v) is 5.67. The molecule has 0 rings (SSSR count). The van der Waals surface area contributed by atoms with Crippen LogP contribution in [0.1, 0.15) is 20.3 Å². The monoisotopic (exact) mass is 205 g/mol. The first-order chi connectivity index (χ1) is 5.95. The fraction of sp³-hybridized carbons (Fsp3) is 0.889. The van der Waals surface area contributed by atoms with E-state index in [0.29, 0.717) is 0 Å². The van der Waals surface area contributed by atoms with Gasteiger partial charge in [0.05, 0.1) is 7.11 Å². The Labute approximate surface area is 84.4 Å². The van der Waals surface area contributed by atoms with Gasteiger partial charge in [-0.2, -0.15) is 11.8 Å². The van der Waals surface area contributed by atoms with Gasteiger partial charge in [-0.1, -0.05) is 13.8 Å². The molecule has 0 aromatic carbocycles. The van der Waals surface area contributed by atoms with Crippen molar-refractivity contribution < 1.29 is 9.53 Å². The third-order valence-electron chi connectivity index (χ3n) is 2.25. The summed E-state index contributed by atoms with van der Waals surface area (Å²) in [5.74, 6) is 0.684. The minimum atomic E-state index is -0.523. The lowest BCUT2D eigenvalue weighted by Crippen LogP contribution is -2.44. The van der Waals surface area contributed by atoms with Gasteiger partial charge in [0.2, 0.25) is 0 Å². The van der Waals surface area contributed by atoms with E-state index in [2.05, 4.69) is 4.74 Å². The molecule has 0 spiro atoms. The van der Waals surface area contributed by atoms with Crippen LogP contribution in [0.2, 0.25) is 0 Å². The van der Waals surface area contributed by atoms with Crippen molar-refractivity contribution in [2.45, 2.75) is 26.3 Å². The maximum atomic E-state index is 11.2. The number of esters is 1. The van der Waals surface area contributed by atoms with E-state index in [9.17, 15) is 4.79 Å². The SMILES string of the molecule is COC(=O)C(N)C(C)(C)CCSC. The predicted octanol–water partition coefficient (Wildman–Crippen LogP) is 1.27. The molecule has 0 aliphatic carbocycles. The van der Waals surface area contributed by atoms with Gasteiger partial charge in [-0.05, 0) is 23.8 Å². The van der Waals surface area contributed by atoms with Crippen LogP contribution < -0.4 is 5.73 Å². The third kappa shape index (κ3) is 4.00. The normalized spacial score (nSPS) is 13.9. The van der Waals surface area contributed by atoms with Gasteiger partial charge in [-0.15, -0.1) is 0 Å². The quantitative estimate of drug-likeness (QED) is 0.687. The lowest BCUT2D eigenvalue weighted by atomic mass is 9.82. The first kappa shape index (κ1) is 12.8. The van der Waals surface area contributed by atoms with Crippen LogP contribution in [0.3, 0.4) is 0 Å². The Balaban J connectivity index is 4.17. The largest absolute Gasteiger partial charge is 0.468 e. The van der Waals surface area contributed by atoms with E-state index < -0.39 is 6.04 Å². The van der Waals surface area contributed by atoms with Crippen molar-refractivity contribution in [3.63, 3.8) is 0 Å². The van der Waals surface area contributed by atoms with E-state index in [-0.39, 0.29) is 11.4 Å². The van der Waals surface area contributed by atoms with Crippen molar-refractivity contribution in [3.8, 4) is 0 Å². The van der Waals surface area contributed by atoms with Crippen LogP contribution in [-0.4, -0.2) is 31.1 Å². The predicted molar refractivity (Wildman–Crippen MR) is 56.8 cm³/mol. The number of ether oxygens (including phenoxy) is 1. The Hall–Kier alpha value is -0.220. The van der Waals surface area contributed by atoms with E-state index in [4.69, 9.17) is 5.73 Å². The molecule has 0 aromatic heterocycles. The number of carbonyl (C=O) groups is 1. The average Bonchev–Trinajstić information content (AvgIpc) is 2.12. The molecular weight excluding hydrogens is 186 g/mol. The Morgan fingerprint density at radius 3 is 2.54 bits per heavy atom. The molecule has 13 heavy (non-hydrogen) atoms. The maximum Gasteiger partial charge on any atom is 0.323 e. The summed E-state index contributed by atoms with van der Waals surface area (Å²) in [6, 6.07) is -0.523. The molecule has 0 amide bonds. The highest BCUT2D eigenvalue weighted by molar-refractivity contribution is 7.98. The summed E-state index contributed by atoms with van der Waals surface area (Å²) in [6.45, 7) is 3.98. The summed E-state index contributed by atoms with van der Waals surface area (Å²) in [6.07, 6.45) is 2.96. The molecule has 78 valence electrons. The molecule has 0 saturated carbocycles. The van der Waals surface area contributed by atoms with Crippen LogP contribution in [0.4, 0.5) is 0 Å². The lowest BCUT2D eigenvalue weighted by Gasteiger charge is -2.29. The summed E-state index contributed by atoms with van der Waals surface area (Å²) < 4.78 is 4.61. The molecule has 0 aliphatic rings. The lowest BCUT2D eigenvalue weighted by molar-refractivity contribution is -0.145. The standard InChI is InChI=1S/C9H19NO2S/c1-9(2,5-6-13-4)7(10)8(11)12-3/h7H,5-6,10H2,1-4H3. The Kier molecular flexibility index (Phi) is 5.40. The second kappa shape index (κ2) is 5.50. The number of thioether (sulfide) groups is 1. The second-order valence-corrected chi connectivity index (χ2v) is 4.72. The Bertz CT molecular complexity index is 171. The molecule has 1 atom stereocenters. The van der Waals surface area contributed by atoms with Crippen LogP contribution in [0, 0.1) is 5.41 Å². The molecule has 3 nitrogen and oxygen atoms in total. The van der Waals surface area contributed by atoms with Gasteiger partial charge >= 0.3 is 5.97 Å². The van der Waals surface area contributed by atoms with E-state index in [1.807, 2.05) is 20.1 Å². The highest BCUT2D eigenvalue weighted by Gasteiger charge is 2.32. The summed E-state index contributed by atoms with van der Waals surface area (Å²) in [5, 5.41) is 0. The molecule has 0 heterocycles. The van der Waals surface area contributed by atoms with Crippen LogP contribution in [0.15, 0.2) is 0 Å². The average molecular weight is 205 g/mol. The van der Waals surface area contributed by atoms with Crippen molar-refractivity contribution in [1.29, 1.82) is 0 Å². The number of hydrogen-bond donors (Lipinski definition) is 1. The van der Waals surface area contributed by atoms with Crippen molar-refractivity contribution in [2.24, 2.45) is 11.1 Å². The summed E-state index contributed by atoms with van der Waals surface area (Å²) >= 11 is 1.76. The fourth-order valence-corrected chi connectivity index (χ4v) is 1.70. The highest BCUT2D eigenvalue weighted by Crippen LogP contribution is 2.26. The van der Waals surface area contributed by atoms with Crippen LogP contribution in [-0.2, 0) is 9.53 Å². The zero-order valence-corrected chi connectivity index (χ0v) is 9.61.